The Bertz CT molecular complexity index is 1610. The molecule has 1 aliphatic rings. The molecule has 1 saturated heterocycles. The van der Waals surface area contributed by atoms with Gasteiger partial charge in [0.1, 0.15) is 5.75 Å². The maximum absolute atomic E-state index is 12.8. The minimum absolute atomic E-state index is 0.282. The number of aliphatic hydroxyl groups is 1. The number of pyridine rings is 1. The third kappa shape index (κ3) is 12.6. The highest BCUT2D eigenvalue weighted by atomic mass is 32.1. The number of aliphatic hydroxyl groups excluding tert-OH is 1. The Morgan fingerprint density at radius 1 is 0.725 bits per heavy atom. The molecule has 280 valence electrons. The van der Waals surface area contributed by atoms with Crippen LogP contribution in [0.1, 0.15) is 122 Å². The van der Waals surface area contributed by atoms with E-state index < -0.39 is 6.41 Å². The van der Waals surface area contributed by atoms with Gasteiger partial charge in [-0.15, -0.1) is 11.3 Å². The number of unbranched alkanes of at least 4 members (excludes halogenated alkanes) is 15. The van der Waals surface area contributed by atoms with Gasteiger partial charge >= 0.3 is 0 Å². The SMILES string of the molecule is CCCCCCCCCCCCCCCCCOC(O)n1c(=O)ccc2ccc(OCCCCN3CCN(c4cccc5sccc45)CC3)cc21. The van der Waals surface area contributed by atoms with Gasteiger partial charge in [-0.1, -0.05) is 103 Å². The first-order valence-corrected chi connectivity index (χ1v) is 21.0. The summed E-state index contributed by atoms with van der Waals surface area (Å²) in [6.45, 7) is 8.65. The van der Waals surface area contributed by atoms with Crippen LogP contribution >= 0.6 is 11.3 Å². The third-order valence-corrected chi connectivity index (χ3v) is 11.3. The maximum Gasteiger partial charge on any atom is 0.255 e. The van der Waals surface area contributed by atoms with Crippen molar-refractivity contribution in [2.24, 2.45) is 0 Å². The fourth-order valence-corrected chi connectivity index (χ4v) is 8.19. The lowest BCUT2D eigenvalue weighted by Crippen LogP contribution is -2.46. The largest absolute Gasteiger partial charge is 0.494 e. The van der Waals surface area contributed by atoms with Crippen LogP contribution in [-0.2, 0) is 4.74 Å². The molecule has 0 bridgehead atoms. The van der Waals surface area contributed by atoms with Crippen LogP contribution in [0.4, 0.5) is 5.69 Å². The van der Waals surface area contributed by atoms with Crippen molar-refractivity contribution < 1.29 is 14.6 Å². The predicted octanol–water partition coefficient (Wildman–Crippen LogP) is 10.5. The van der Waals surface area contributed by atoms with Crippen molar-refractivity contribution in [3.63, 3.8) is 0 Å². The number of rotatable bonds is 25. The van der Waals surface area contributed by atoms with Gasteiger partial charge in [0, 0.05) is 54.1 Å². The maximum atomic E-state index is 12.8. The van der Waals surface area contributed by atoms with Crippen molar-refractivity contribution in [1.29, 1.82) is 0 Å². The molecule has 2 aromatic heterocycles. The van der Waals surface area contributed by atoms with Crippen LogP contribution in [0.25, 0.3) is 21.0 Å². The van der Waals surface area contributed by atoms with Gasteiger partial charge in [0.25, 0.3) is 5.56 Å². The second kappa shape index (κ2) is 22.2. The van der Waals surface area contributed by atoms with Gasteiger partial charge in [0.05, 0.1) is 18.7 Å². The highest BCUT2D eigenvalue weighted by Gasteiger charge is 2.19. The van der Waals surface area contributed by atoms with Crippen molar-refractivity contribution in [3.05, 3.63) is 70.3 Å². The summed E-state index contributed by atoms with van der Waals surface area (Å²) in [5.74, 6) is 0.702. The van der Waals surface area contributed by atoms with Crippen LogP contribution in [0.15, 0.2) is 64.8 Å². The van der Waals surface area contributed by atoms with E-state index in [2.05, 4.69) is 46.4 Å². The standard InChI is InChI=1S/C43H63N3O4S/c1-2-3-4-5-6-7-8-9-10-11-12-13-14-15-17-33-50-43(48)46-40-35-37(24-22-36(40)23-25-42(46)47)49-32-18-16-27-44-28-30-45(31-29-44)39-20-19-21-41-38(39)26-34-51-41/h19-26,34-35,43,48H,2-18,27-33H2,1H3. The number of fused-ring (bicyclic) bond motifs is 2. The summed E-state index contributed by atoms with van der Waals surface area (Å²) in [7, 11) is 0. The minimum Gasteiger partial charge on any atom is -0.494 e. The molecule has 7 nitrogen and oxygen atoms in total. The van der Waals surface area contributed by atoms with Crippen molar-refractivity contribution in [2.45, 2.75) is 122 Å². The molecule has 2 aromatic carbocycles. The van der Waals surface area contributed by atoms with Crippen molar-refractivity contribution in [3.8, 4) is 5.75 Å². The number of piperazine rings is 1. The number of benzene rings is 2. The Morgan fingerprint density at radius 2 is 1.37 bits per heavy atom. The predicted molar refractivity (Wildman–Crippen MR) is 216 cm³/mol. The second-order valence-electron chi connectivity index (χ2n) is 14.4. The molecule has 1 atom stereocenters. The number of ether oxygens (including phenoxy) is 2. The van der Waals surface area contributed by atoms with E-state index in [4.69, 9.17) is 9.47 Å². The van der Waals surface area contributed by atoms with Gasteiger partial charge < -0.3 is 19.5 Å². The van der Waals surface area contributed by atoms with E-state index in [9.17, 15) is 9.90 Å². The summed E-state index contributed by atoms with van der Waals surface area (Å²) in [5.41, 5.74) is 1.71. The molecule has 0 amide bonds. The Balaban J connectivity index is 0.940. The van der Waals surface area contributed by atoms with Crippen LogP contribution < -0.4 is 15.2 Å². The second-order valence-corrected chi connectivity index (χ2v) is 15.4. The van der Waals surface area contributed by atoms with E-state index in [1.54, 1.807) is 6.07 Å². The van der Waals surface area contributed by atoms with Crippen molar-refractivity contribution in [1.82, 2.24) is 9.47 Å². The van der Waals surface area contributed by atoms with E-state index in [0.717, 1.165) is 63.8 Å². The van der Waals surface area contributed by atoms with Crippen LogP contribution in [0.2, 0.25) is 0 Å². The minimum atomic E-state index is -1.32. The molecule has 0 spiro atoms. The molecule has 3 heterocycles. The quantitative estimate of drug-likeness (QED) is 0.0544. The van der Waals surface area contributed by atoms with E-state index in [-0.39, 0.29) is 5.56 Å². The lowest BCUT2D eigenvalue weighted by atomic mass is 10.0. The van der Waals surface area contributed by atoms with E-state index >= 15 is 0 Å². The topological polar surface area (TPSA) is 67.2 Å². The number of hydrogen-bond acceptors (Lipinski definition) is 7. The zero-order chi connectivity index (χ0) is 35.5. The van der Waals surface area contributed by atoms with Crippen molar-refractivity contribution in [2.75, 3.05) is 50.8 Å². The van der Waals surface area contributed by atoms with E-state index in [0.29, 0.717) is 24.5 Å². The molecular formula is C43H63N3O4S. The Hall–Kier alpha value is -2.91. The monoisotopic (exact) mass is 717 g/mol. The van der Waals surface area contributed by atoms with E-state index in [1.165, 1.54) is 110 Å². The highest BCUT2D eigenvalue weighted by molar-refractivity contribution is 7.17. The van der Waals surface area contributed by atoms with Crippen molar-refractivity contribution >= 4 is 38.0 Å². The molecule has 1 aliphatic heterocycles. The summed E-state index contributed by atoms with van der Waals surface area (Å²) in [5, 5.41) is 15.3. The smallest absolute Gasteiger partial charge is 0.255 e. The molecule has 5 rings (SSSR count). The summed E-state index contributed by atoms with van der Waals surface area (Å²) in [6.07, 6.45) is 20.3. The van der Waals surface area contributed by atoms with E-state index in [1.807, 2.05) is 29.5 Å². The first kappa shape index (κ1) is 39.3. The first-order chi connectivity index (χ1) is 25.1. The Morgan fingerprint density at radius 3 is 2.08 bits per heavy atom. The van der Waals surface area contributed by atoms with Gasteiger partial charge in [-0.25, -0.2) is 0 Å². The molecule has 1 fully saturated rings. The fraction of sp³-hybridized carbons (Fsp3) is 0.605. The zero-order valence-corrected chi connectivity index (χ0v) is 32.1. The van der Waals surface area contributed by atoms with Gasteiger partial charge in [-0.2, -0.15) is 0 Å². The number of hydrogen-bond donors (Lipinski definition) is 1. The highest BCUT2D eigenvalue weighted by Crippen LogP contribution is 2.31. The normalized spacial score (nSPS) is 14.5. The van der Waals surface area contributed by atoms with Crippen LogP contribution in [0.5, 0.6) is 5.75 Å². The zero-order valence-electron chi connectivity index (χ0n) is 31.2. The summed E-state index contributed by atoms with van der Waals surface area (Å²) >= 11 is 1.81. The molecule has 1 unspecified atom stereocenters. The van der Waals surface area contributed by atoms with Crippen LogP contribution in [-0.4, -0.2) is 60.5 Å². The average molecular weight is 718 g/mol. The Labute approximate surface area is 310 Å². The van der Waals surface area contributed by atoms with Gasteiger partial charge in [-0.05, 0) is 73.0 Å². The third-order valence-electron chi connectivity index (χ3n) is 10.5. The number of anilines is 1. The molecule has 0 aliphatic carbocycles. The van der Waals surface area contributed by atoms with Gasteiger partial charge in [-0.3, -0.25) is 14.3 Å². The van der Waals surface area contributed by atoms with Gasteiger partial charge in [0.15, 0.2) is 0 Å². The number of aromatic nitrogens is 1. The number of nitrogens with zero attached hydrogens (tertiary/aromatic N) is 3. The molecular weight excluding hydrogens is 655 g/mol. The summed E-state index contributed by atoms with van der Waals surface area (Å²) < 4.78 is 14.6. The summed E-state index contributed by atoms with van der Waals surface area (Å²) in [6, 6.07) is 17.9. The molecule has 0 radical (unpaired) electrons. The summed E-state index contributed by atoms with van der Waals surface area (Å²) in [4.78, 5) is 17.9. The van der Waals surface area contributed by atoms with Gasteiger partial charge in [0.2, 0.25) is 6.41 Å². The fourth-order valence-electron chi connectivity index (χ4n) is 7.38. The van der Waals surface area contributed by atoms with Crippen LogP contribution in [0, 0.1) is 0 Å². The average Bonchev–Trinajstić information content (AvgIpc) is 3.64. The lowest BCUT2D eigenvalue weighted by Gasteiger charge is -2.36. The molecule has 1 N–H and O–H groups in total. The number of thiophene rings is 1. The molecule has 4 aromatic rings. The molecule has 51 heavy (non-hydrogen) atoms. The molecule has 8 heteroatoms. The molecule has 0 saturated carbocycles. The Kier molecular flexibility index (Phi) is 17.1. The first-order valence-electron chi connectivity index (χ1n) is 20.2. The van der Waals surface area contributed by atoms with Crippen LogP contribution in [0.3, 0.4) is 0 Å². The lowest BCUT2D eigenvalue weighted by molar-refractivity contribution is -0.152.